The van der Waals surface area contributed by atoms with Gasteiger partial charge in [0.25, 0.3) is 5.91 Å². The van der Waals surface area contributed by atoms with Crippen LogP contribution in [0.4, 0.5) is 11.5 Å². The fourth-order valence-corrected chi connectivity index (χ4v) is 3.35. The molecule has 0 aliphatic heterocycles. The van der Waals surface area contributed by atoms with Crippen molar-refractivity contribution in [3.63, 3.8) is 0 Å². The Morgan fingerprint density at radius 3 is 2.43 bits per heavy atom. The average Bonchev–Trinajstić information content (AvgIpc) is 2.68. The third-order valence-electron chi connectivity index (χ3n) is 3.40. The number of aromatic nitrogens is 2. The summed E-state index contributed by atoms with van der Waals surface area (Å²) in [6, 6.07) is 13.4. The lowest BCUT2D eigenvalue weighted by atomic mass is 10.2. The first kappa shape index (κ1) is 20.1. The largest absolute Gasteiger partial charge is 0.345 e. The third-order valence-corrected chi connectivity index (χ3v) is 5.18. The number of carbonyl (C=O) groups is 1. The number of rotatable bonds is 6. The summed E-state index contributed by atoms with van der Waals surface area (Å²) < 4.78 is 0.826. The zero-order chi connectivity index (χ0) is 20.1. The molecule has 1 amide bonds. The second-order valence-electron chi connectivity index (χ2n) is 5.28. The molecule has 0 bridgehead atoms. The Morgan fingerprint density at radius 2 is 1.79 bits per heavy atom. The summed E-state index contributed by atoms with van der Waals surface area (Å²) in [7, 11) is 0. The molecule has 0 unspecified atom stereocenters. The first-order valence-electron chi connectivity index (χ1n) is 7.69. The predicted molar refractivity (Wildman–Crippen MR) is 109 cm³/mol. The Balaban J connectivity index is 1.80. The van der Waals surface area contributed by atoms with Gasteiger partial charge >= 0.3 is 5.69 Å². The van der Waals surface area contributed by atoms with Gasteiger partial charge in [0.1, 0.15) is 6.33 Å². The van der Waals surface area contributed by atoms with E-state index in [1.807, 2.05) is 0 Å². The second kappa shape index (κ2) is 9.00. The van der Waals surface area contributed by atoms with Crippen molar-refractivity contribution < 1.29 is 9.72 Å². The monoisotopic (exact) mass is 479 g/mol. The molecule has 8 nitrogen and oxygen atoms in total. The highest BCUT2D eigenvalue weighted by molar-refractivity contribution is 9.10. The summed E-state index contributed by atoms with van der Waals surface area (Å²) in [6.45, 7) is 0. The van der Waals surface area contributed by atoms with E-state index in [2.05, 4.69) is 36.7 Å². The van der Waals surface area contributed by atoms with Crippen molar-refractivity contribution in [3.05, 3.63) is 80.0 Å². The Bertz CT molecular complexity index is 1020. The van der Waals surface area contributed by atoms with Crippen molar-refractivity contribution in [2.24, 2.45) is 0 Å². The first-order valence-corrected chi connectivity index (χ1v) is 9.67. The highest BCUT2D eigenvalue weighted by atomic mass is 79.9. The zero-order valence-corrected chi connectivity index (χ0v) is 17.1. The van der Waals surface area contributed by atoms with Gasteiger partial charge in [-0.3, -0.25) is 25.8 Å². The van der Waals surface area contributed by atoms with Gasteiger partial charge in [-0.25, -0.2) is 9.97 Å². The van der Waals surface area contributed by atoms with E-state index in [1.165, 1.54) is 6.33 Å². The summed E-state index contributed by atoms with van der Waals surface area (Å²) in [6.07, 6.45) is 1.18. The topological polar surface area (TPSA) is 110 Å². The van der Waals surface area contributed by atoms with E-state index in [0.717, 1.165) is 21.1 Å². The van der Waals surface area contributed by atoms with Crippen molar-refractivity contribution in [2.45, 2.75) is 9.92 Å². The lowest BCUT2D eigenvalue weighted by Crippen LogP contribution is -2.30. The number of nitrogens with one attached hydrogen (secondary N) is 2. The van der Waals surface area contributed by atoms with Gasteiger partial charge < -0.3 is 0 Å². The van der Waals surface area contributed by atoms with Crippen LogP contribution in [-0.2, 0) is 0 Å². The molecule has 0 aliphatic carbocycles. The van der Waals surface area contributed by atoms with Crippen molar-refractivity contribution in [1.82, 2.24) is 15.4 Å². The zero-order valence-electron chi connectivity index (χ0n) is 13.9. The minimum absolute atomic E-state index is 0.123. The minimum atomic E-state index is -0.605. The summed E-state index contributed by atoms with van der Waals surface area (Å²) in [4.78, 5) is 31.8. The van der Waals surface area contributed by atoms with Gasteiger partial charge in [0.15, 0.2) is 5.03 Å². The van der Waals surface area contributed by atoms with Gasteiger partial charge in [-0.1, -0.05) is 39.3 Å². The Hall–Kier alpha value is -2.69. The highest BCUT2D eigenvalue weighted by Crippen LogP contribution is 2.36. The third kappa shape index (κ3) is 4.97. The number of benzene rings is 2. The van der Waals surface area contributed by atoms with Crippen LogP contribution in [0.25, 0.3) is 0 Å². The summed E-state index contributed by atoms with van der Waals surface area (Å²) in [5.74, 6) is -0.589. The SMILES string of the molecule is O=C(NNc1ncnc(Sc2ccc(Cl)cc2)c1[N+](=O)[O-])c1ccc(Br)cc1. The van der Waals surface area contributed by atoms with E-state index in [-0.39, 0.29) is 16.5 Å². The van der Waals surface area contributed by atoms with E-state index in [9.17, 15) is 14.9 Å². The maximum atomic E-state index is 12.2. The fourth-order valence-electron chi connectivity index (χ4n) is 2.10. The molecule has 0 radical (unpaired) electrons. The van der Waals surface area contributed by atoms with Gasteiger partial charge in [-0.15, -0.1) is 0 Å². The summed E-state index contributed by atoms with van der Waals surface area (Å²) in [5.41, 5.74) is 4.94. The van der Waals surface area contributed by atoms with Crippen LogP contribution in [0.1, 0.15) is 10.4 Å². The maximum absolute atomic E-state index is 12.2. The number of carbonyl (C=O) groups excluding carboxylic acids is 1. The van der Waals surface area contributed by atoms with Crippen molar-refractivity contribution in [3.8, 4) is 0 Å². The average molecular weight is 481 g/mol. The predicted octanol–water partition coefficient (Wildman–Crippen LogP) is 4.71. The second-order valence-corrected chi connectivity index (χ2v) is 7.69. The molecule has 3 rings (SSSR count). The smallest absolute Gasteiger partial charge is 0.276 e. The molecular formula is C17H11BrClN5O3S. The fraction of sp³-hybridized carbons (Fsp3) is 0. The molecule has 1 aromatic heterocycles. The van der Waals surface area contributed by atoms with Crippen molar-refractivity contribution >= 4 is 56.7 Å². The highest BCUT2D eigenvalue weighted by Gasteiger charge is 2.24. The van der Waals surface area contributed by atoms with Crippen LogP contribution in [0, 0.1) is 10.1 Å². The summed E-state index contributed by atoms with van der Waals surface area (Å²) in [5, 5.41) is 12.3. The van der Waals surface area contributed by atoms with E-state index in [4.69, 9.17) is 11.6 Å². The molecule has 142 valence electrons. The molecule has 11 heteroatoms. The van der Waals surface area contributed by atoms with Gasteiger partial charge in [0.2, 0.25) is 5.82 Å². The molecular weight excluding hydrogens is 470 g/mol. The van der Waals surface area contributed by atoms with E-state index < -0.39 is 10.8 Å². The summed E-state index contributed by atoms with van der Waals surface area (Å²) >= 11 is 10.2. The number of nitrogens with zero attached hydrogens (tertiary/aromatic N) is 3. The van der Waals surface area contributed by atoms with Gasteiger partial charge in [-0.2, -0.15) is 0 Å². The molecule has 2 aromatic carbocycles. The van der Waals surface area contributed by atoms with Crippen molar-refractivity contribution in [2.75, 3.05) is 5.43 Å². The quantitative estimate of drug-likeness (QED) is 0.299. The van der Waals surface area contributed by atoms with Crippen LogP contribution < -0.4 is 10.9 Å². The minimum Gasteiger partial charge on any atom is -0.276 e. The normalized spacial score (nSPS) is 10.4. The first-order chi connectivity index (χ1) is 13.4. The van der Waals surface area contributed by atoms with Gasteiger partial charge in [0, 0.05) is 20.0 Å². The van der Waals surface area contributed by atoms with Crippen LogP contribution in [0.2, 0.25) is 5.02 Å². The number of anilines is 1. The van der Waals surface area contributed by atoms with E-state index in [0.29, 0.717) is 10.6 Å². The lowest BCUT2D eigenvalue weighted by Gasteiger charge is -2.10. The molecule has 0 saturated carbocycles. The molecule has 1 heterocycles. The number of hydrogen-bond acceptors (Lipinski definition) is 7. The number of halogens is 2. The van der Waals surface area contributed by atoms with Gasteiger partial charge in [-0.05, 0) is 48.5 Å². The number of hydrogen-bond donors (Lipinski definition) is 2. The number of nitro groups is 1. The Kier molecular flexibility index (Phi) is 6.45. The van der Waals surface area contributed by atoms with E-state index in [1.54, 1.807) is 48.5 Å². The van der Waals surface area contributed by atoms with Crippen LogP contribution in [-0.4, -0.2) is 20.8 Å². The number of hydrazine groups is 1. The number of amides is 1. The molecule has 0 aliphatic rings. The molecule has 2 N–H and O–H groups in total. The maximum Gasteiger partial charge on any atom is 0.345 e. The van der Waals surface area contributed by atoms with Gasteiger partial charge in [0.05, 0.1) is 4.92 Å². The van der Waals surface area contributed by atoms with Crippen LogP contribution in [0.3, 0.4) is 0 Å². The molecule has 0 atom stereocenters. The molecule has 0 spiro atoms. The van der Waals surface area contributed by atoms with Crippen LogP contribution in [0.15, 0.2) is 69.3 Å². The Morgan fingerprint density at radius 1 is 1.11 bits per heavy atom. The standard InChI is InChI=1S/C17H11BrClN5O3S/c18-11-3-1-10(2-4-11)16(25)23-22-15-14(24(26)27)17(21-9-20-15)28-13-7-5-12(19)6-8-13/h1-9H,(H,23,25)(H,20,21,22). The Labute approximate surface area is 177 Å². The molecule has 0 fully saturated rings. The molecule has 0 saturated heterocycles. The lowest BCUT2D eigenvalue weighted by molar-refractivity contribution is -0.387. The van der Waals surface area contributed by atoms with Crippen molar-refractivity contribution in [1.29, 1.82) is 0 Å². The van der Waals surface area contributed by atoms with E-state index >= 15 is 0 Å². The van der Waals surface area contributed by atoms with Crippen LogP contribution >= 0.6 is 39.3 Å². The molecule has 28 heavy (non-hydrogen) atoms. The molecule has 3 aromatic rings. The van der Waals surface area contributed by atoms with Crippen LogP contribution in [0.5, 0.6) is 0 Å².